The molecule has 15 rings (SSSR count). The van der Waals surface area contributed by atoms with Crippen LogP contribution in [0.15, 0.2) is 216 Å². The number of aromatic nitrogens is 3. The summed E-state index contributed by atoms with van der Waals surface area (Å²) in [6.07, 6.45) is 15.9. The second-order valence-electron chi connectivity index (χ2n) is 24.7. The third kappa shape index (κ3) is 14.8. The van der Waals surface area contributed by atoms with Crippen LogP contribution in [0.4, 0.5) is 14.4 Å². The van der Waals surface area contributed by atoms with Crippen LogP contribution in [0.2, 0.25) is 10.0 Å². The summed E-state index contributed by atoms with van der Waals surface area (Å²) < 4.78 is 11.1. The molecular weight excluding hydrogens is 1230 g/mol. The van der Waals surface area contributed by atoms with E-state index >= 15 is 0 Å². The number of benzene rings is 6. The van der Waals surface area contributed by atoms with E-state index in [-0.39, 0.29) is 17.4 Å². The molecule has 94 heavy (non-hydrogen) atoms. The Morgan fingerprint density at radius 1 is 0.372 bits per heavy atom. The van der Waals surface area contributed by atoms with Crippen molar-refractivity contribution < 1.29 is 23.9 Å². The van der Waals surface area contributed by atoms with Crippen LogP contribution < -0.4 is 9.47 Å². The highest BCUT2D eigenvalue weighted by atomic mass is 35.5. The van der Waals surface area contributed by atoms with E-state index in [9.17, 15) is 14.4 Å². The van der Waals surface area contributed by atoms with Crippen LogP contribution in [0.25, 0.3) is 16.7 Å². The number of nitrogens with zero attached hydrogens (tertiary/aromatic N) is 6. The third-order valence-electron chi connectivity index (χ3n) is 18.6. The largest absolute Gasteiger partial charge is 0.415 e. The highest BCUT2D eigenvalue weighted by molar-refractivity contribution is 8.13. The number of halogens is 2. The van der Waals surface area contributed by atoms with Gasteiger partial charge >= 0.3 is 12.2 Å². The molecule has 3 aromatic heterocycles. The molecule has 0 bridgehead atoms. The fraction of sp³-hybridized carbons (Fsp3) is 0.250. The Bertz CT molecular complexity index is 4190. The number of piperidine rings is 3. The first-order valence-corrected chi connectivity index (χ1v) is 34.3. The number of fused-ring (bicyclic) bond motifs is 6. The molecule has 0 atom stereocenters. The number of aryl methyl sites for hydroxylation is 8. The average Bonchev–Trinajstić information content (AvgIpc) is 1.52. The lowest BCUT2D eigenvalue weighted by Crippen LogP contribution is -2.38. The van der Waals surface area contributed by atoms with Crippen molar-refractivity contribution in [3.63, 3.8) is 0 Å². The van der Waals surface area contributed by atoms with Gasteiger partial charge in [0, 0.05) is 89.5 Å². The quantitative estimate of drug-likeness (QED) is 0.159. The molecule has 6 heterocycles. The predicted molar refractivity (Wildman–Crippen MR) is 377 cm³/mol. The van der Waals surface area contributed by atoms with Crippen LogP contribution >= 0.6 is 35.0 Å². The van der Waals surface area contributed by atoms with Gasteiger partial charge in [0.1, 0.15) is 11.5 Å². The maximum absolute atomic E-state index is 12.8. The minimum absolute atomic E-state index is 0.144. The predicted octanol–water partition coefficient (Wildman–Crippen LogP) is 18.5. The number of amides is 3. The molecule has 3 aliphatic carbocycles. The van der Waals surface area contributed by atoms with E-state index in [0.717, 1.165) is 128 Å². The van der Waals surface area contributed by atoms with Gasteiger partial charge in [0.2, 0.25) is 0 Å². The second-order valence-corrected chi connectivity index (χ2v) is 26.6. The highest BCUT2D eigenvalue weighted by Crippen LogP contribution is 2.42. The Kier molecular flexibility index (Phi) is 20.0. The number of carbonyl (C=O) groups excluding carboxylic acids is 3. The number of rotatable bonds is 3. The smallest absolute Gasteiger partial charge is 0.410 e. The molecule has 11 nitrogen and oxygen atoms in total. The van der Waals surface area contributed by atoms with Gasteiger partial charge in [-0.2, -0.15) is 0 Å². The van der Waals surface area contributed by atoms with Crippen molar-refractivity contribution in [1.82, 2.24) is 29.7 Å². The number of likely N-dealkylation sites (tertiary alicyclic amines) is 3. The first kappa shape index (κ1) is 63.7. The van der Waals surface area contributed by atoms with Crippen molar-refractivity contribution in [3.05, 3.63) is 300 Å². The summed E-state index contributed by atoms with van der Waals surface area (Å²) in [5, 5.41) is 1.67. The molecule has 0 spiro atoms. The van der Waals surface area contributed by atoms with Gasteiger partial charge in [0.25, 0.3) is 5.24 Å². The molecule has 474 valence electrons. The van der Waals surface area contributed by atoms with Gasteiger partial charge in [-0.25, -0.2) is 9.59 Å². The Morgan fingerprint density at radius 3 is 1.17 bits per heavy atom. The lowest BCUT2D eigenvalue weighted by atomic mass is 9.88. The number of pyridine rings is 3. The van der Waals surface area contributed by atoms with Crippen molar-refractivity contribution >= 4 is 69.1 Å². The third-order valence-corrected chi connectivity index (χ3v) is 20.0. The number of ether oxygens (including phenoxy) is 2. The van der Waals surface area contributed by atoms with Crippen molar-refractivity contribution in [2.75, 3.05) is 39.3 Å². The zero-order valence-electron chi connectivity index (χ0n) is 53.1. The molecule has 3 amide bonds. The molecule has 9 aromatic rings. The van der Waals surface area contributed by atoms with E-state index in [4.69, 9.17) is 47.6 Å². The molecule has 0 unspecified atom stereocenters. The molecule has 14 heteroatoms. The summed E-state index contributed by atoms with van der Waals surface area (Å²) in [6, 6.07) is 58.5. The van der Waals surface area contributed by atoms with Gasteiger partial charge < -0.3 is 24.2 Å². The zero-order chi connectivity index (χ0) is 64.5. The Labute approximate surface area is 565 Å². The second kappa shape index (κ2) is 29.5. The molecule has 6 aromatic carbocycles. The average molecular weight is 1300 g/mol. The molecule has 3 fully saturated rings. The summed E-state index contributed by atoms with van der Waals surface area (Å²) in [5.74, 6) is 1.15. The molecule has 6 aliphatic rings. The van der Waals surface area contributed by atoms with E-state index in [1.165, 1.54) is 101 Å². The molecule has 3 aliphatic heterocycles. The SMILES string of the molecule is Cc1ccc(OC(=O)N2CCC(=C3c4ccc(Cl)cc4CCc4cccnc43)CC2)cc1.Cc1ccc2c(c1)CCc1cccnc1C2=C1CCN(C(=O)Sc2ccccc2)CC1.O=C(Oc1ccccc1)N1CCC(=C2c3ccc(Cl)cc3CCc3cccnc32)CC1. The first-order valence-electron chi connectivity index (χ1n) is 32.7. The van der Waals surface area contributed by atoms with Crippen molar-refractivity contribution in [2.24, 2.45) is 0 Å². The highest BCUT2D eigenvalue weighted by Gasteiger charge is 2.31. The van der Waals surface area contributed by atoms with Gasteiger partial charge in [-0.05, 0) is 232 Å². The molecule has 0 N–H and O–H groups in total. The maximum atomic E-state index is 12.8. The molecule has 3 saturated heterocycles. The van der Waals surface area contributed by atoms with Crippen LogP contribution in [-0.2, 0) is 38.5 Å². The molecule has 0 radical (unpaired) electrons. The molecule has 0 saturated carbocycles. The lowest BCUT2D eigenvalue weighted by Gasteiger charge is -2.30. The van der Waals surface area contributed by atoms with E-state index in [0.29, 0.717) is 37.7 Å². The van der Waals surface area contributed by atoms with Gasteiger partial charge in [0.15, 0.2) is 0 Å². The van der Waals surface area contributed by atoms with Crippen LogP contribution in [0.3, 0.4) is 0 Å². The van der Waals surface area contributed by atoms with Gasteiger partial charge in [0.05, 0.1) is 17.1 Å². The Hall–Kier alpha value is -9.07. The summed E-state index contributed by atoms with van der Waals surface area (Å²) in [5.41, 5.74) is 25.2. The maximum Gasteiger partial charge on any atom is 0.415 e. The zero-order valence-corrected chi connectivity index (χ0v) is 55.4. The fourth-order valence-electron chi connectivity index (χ4n) is 13.8. The number of hydrogen-bond donors (Lipinski definition) is 0. The summed E-state index contributed by atoms with van der Waals surface area (Å²) >= 11 is 13.9. The first-order chi connectivity index (χ1) is 46.0. The Balaban J connectivity index is 0.000000128. The summed E-state index contributed by atoms with van der Waals surface area (Å²) in [7, 11) is 0. The minimum Gasteiger partial charge on any atom is -0.410 e. The van der Waals surface area contributed by atoms with Gasteiger partial charge in [-0.15, -0.1) is 0 Å². The van der Waals surface area contributed by atoms with Crippen LogP contribution in [0.5, 0.6) is 11.5 Å². The normalized spacial score (nSPS) is 15.7. The van der Waals surface area contributed by atoms with Crippen LogP contribution in [0, 0.1) is 13.8 Å². The monoisotopic (exact) mass is 1300 g/mol. The van der Waals surface area contributed by atoms with Crippen molar-refractivity contribution in [3.8, 4) is 11.5 Å². The van der Waals surface area contributed by atoms with E-state index < -0.39 is 0 Å². The van der Waals surface area contributed by atoms with E-state index in [1.54, 1.807) is 21.9 Å². The number of carbonyl (C=O) groups is 3. The van der Waals surface area contributed by atoms with Crippen LogP contribution in [0.1, 0.15) is 117 Å². The minimum atomic E-state index is -0.290. The summed E-state index contributed by atoms with van der Waals surface area (Å²) in [4.78, 5) is 59.0. The topological polar surface area (TPSA) is 118 Å². The fourth-order valence-corrected chi connectivity index (χ4v) is 15.0. The number of thioether (sulfide) groups is 1. The van der Waals surface area contributed by atoms with E-state index in [2.05, 4.69) is 67.6 Å². The molecular formula is C80H74Cl2N6O5S. The Morgan fingerprint density at radius 2 is 0.734 bits per heavy atom. The number of para-hydroxylation sites is 1. The van der Waals surface area contributed by atoms with Gasteiger partial charge in [-0.1, -0.05) is 148 Å². The van der Waals surface area contributed by atoms with Crippen LogP contribution in [-0.4, -0.2) is 86.3 Å². The summed E-state index contributed by atoms with van der Waals surface area (Å²) in [6.45, 7) is 8.24. The van der Waals surface area contributed by atoms with Crippen molar-refractivity contribution in [2.45, 2.75) is 95.8 Å². The standard InChI is InChI=1S/C27H25ClN2O2.C27H26N2OS.C26H23ClN2O2/c1-18-4-9-23(10-5-18)32-27(31)30-15-12-19(13-16-30)25-24-11-8-22(28)17-21(24)7-6-20-3-2-14-29-26(20)25;1-19-9-12-24-22(18-19)11-10-21-6-5-15-28-26(21)25(24)20-13-16-29(17-14-20)27(30)31-23-7-3-2-4-8-23;27-21-10-11-23-20(17-21)9-8-19-5-4-14-28-25(19)24(23)18-12-15-29(16-13-18)26(30)31-22-6-2-1-3-7-22/h2-5,8-11,14,17H,6-7,12-13,15-16H2,1H3;2-9,12,15,18H,10-11,13-14,16-17H2,1H3;1-7,10-11,14,17H,8-9,12-13,15-16H2. The van der Waals surface area contributed by atoms with E-state index in [1.807, 2.05) is 134 Å². The van der Waals surface area contributed by atoms with Crippen molar-refractivity contribution in [1.29, 1.82) is 0 Å². The number of hydrogen-bond acceptors (Lipinski definition) is 9. The lowest BCUT2D eigenvalue weighted by molar-refractivity contribution is 0.148. The van der Waals surface area contributed by atoms with Gasteiger partial charge in [-0.3, -0.25) is 19.7 Å².